The fourth-order valence-corrected chi connectivity index (χ4v) is 1.51. The third-order valence-corrected chi connectivity index (χ3v) is 2.45. The molecular formula is C12H11F2N3O. The Bertz CT molecular complexity index is 560. The van der Waals surface area contributed by atoms with Crippen LogP contribution in [0.3, 0.4) is 0 Å². The molecule has 2 rings (SSSR count). The molecule has 1 heterocycles. The van der Waals surface area contributed by atoms with Crippen LogP contribution in [0.15, 0.2) is 30.6 Å². The Morgan fingerprint density at radius 1 is 1.33 bits per heavy atom. The van der Waals surface area contributed by atoms with Gasteiger partial charge in [0.1, 0.15) is 17.5 Å². The van der Waals surface area contributed by atoms with Crippen LogP contribution in [0.1, 0.15) is 16.2 Å². The molecule has 94 valence electrons. The first-order valence-corrected chi connectivity index (χ1v) is 5.27. The van der Waals surface area contributed by atoms with E-state index in [1.54, 1.807) is 24.0 Å². The van der Waals surface area contributed by atoms with Gasteiger partial charge >= 0.3 is 0 Å². The third-order valence-electron chi connectivity index (χ3n) is 2.45. The molecule has 0 saturated heterocycles. The number of nitrogens with one attached hydrogen (secondary N) is 1. The van der Waals surface area contributed by atoms with E-state index in [1.807, 2.05) is 0 Å². The molecule has 2 aromatic rings. The molecule has 4 nitrogen and oxygen atoms in total. The number of aryl methyl sites for hydroxylation is 1. The van der Waals surface area contributed by atoms with E-state index in [0.717, 1.165) is 18.2 Å². The van der Waals surface area contributed by atoms with Gasteiger partial charge in [-0.05, 0) is 12.1 Å². The Labute approximate surface area is 102 Å². The van der Waals surface area contributed by atoms with Gasteiger partial charge in [0.05, 0.1) is 6.54 Å². The first-order valence-electron chi connectivity index (χ1n) is 5.27. The van der Waals surface area contributed by atoms with Crippen molar-refractivity contribution in [2.24, 2.45) is 7.05 Å². The number of carbonyl (C=O) groups excluding carboxylic acids is 1. The van der Waals surface area contributed by atoms with E-state index in [-0.39, 0.29) is 12.1 Å². The standard InChI is InChI=1S/C12H11F2N3O/c1-17-3-2-15-11(17)7-16-12(18)8-4-9(13)6-10(14)5-8/h2-6H,7H2,1H3,(H,16,18). The minimum Gasteiger partial charge on any atom is -0.345 e. The molecule has 0 fully saturated rings. The van der Waals surface area contributed by atoms with Gasteiger partial charge in [-0.25, -0.2) is 13.8 Å². The second kappa shape index (κ2) is 4.95. The van der Waals surface area contributed by atoms with Crippen LogP contribution in [0.2, 0.25) is 0 Å². The van der Waals surface area contributed by atoms with Crippen LogP contribution in [-0.2, 0) is 13.6 Å². The third kappa shape index (κ3) is 2.71. The maximum Gasteiger partial charge on any atom is 0.251 e. The fourth-order valence-electron chi connectivity index (χ4n) is 1.51. The van der Waals surface area contributed by atoms with Crippen molar-refractivity contribution in [2.45, 2.75) is 6.54 Å². The van der Waals surface area contributed by atoms with E-state index in [1.165, 1.54) is 0 Å². The predicted molar refractivity (Wildman–Crippen MR) is 60.7 cm³/mol. The predicted octanol–water partition coefficient (Wildman–Crippen LogP) is 1.63. The normalized spacial score (nSPS) is 10.4. The average Bonchev–Trinajstić information content (AvgIpc) is 2.70. The number of imidazole rings is 1. The van der Waals surface area contributed by atoms with Crippen molar-refractivity contribution in [3.8, 4) is 0 Å². The van der Waals surface area contributed by atoms with Crippen LogP contribution in [0.4, 0.5) is 8.78 Å². The first-order chi connectivity index (χ1) is 8.56. The molecule has 0 spiro atoms. The lowest BCUT2D eigenvalue weighted by molar-refractivity contribution is 0.0948. The average molecular weight is 251 g/mol. The first kappa shape index (κ1) is 12.2. The van der Waals surface area contributed by atoms with Gasteiger partial charge in [-0.3, -0.25) is 4.79 Å². The lowest BCUT2D eigenvalue weighted by atomic mass is 10.2. The smallest absolute Gasteiger partial charge is 0.251 e. The summed E-state index contributed by atoms with van der Waals surface area (Å²) in [6.07, 6.45) is 3.34. The molecule has 1 amide bonds. The Morgan fingerprint density at radius 2 is 2.00 bits per heavy atom. The van der Waals surface area contributed by atoms with E-state index in [9.17, 15) is 13.6 Å². The summed E-state index contributed by atoms with van der Waals surface area (Å²) in [7, 11) is 1.79. The van der Waals surface area contributed by atoms with E-state index < -0.39 is 17.5 Å². The number of halogens is 2. The van der Waals surface area contributed by atoms with Gasteiger partial charge in [0.15, 0.2) is 0 Å². The second-order valence-electron chi connectivity index (χ2n) is 3.80. The van der Waals surface area contributed by atoms with Gasteiger partial charge in [-0.1, -0.05) is 0 Å². The highest BCUT2D eigenvalue weighted by molar-refractivity contribution is 5.94. The van der Waals surface area contributed by atoms with Gasteiger partial charge < -0.3 is 9.88 Å². The van der Waals surface area contributed by atoms with Crippen molar-refractivity contribution in [3.05, 3.63) is 53.6 Å². The van der Waals surface area contributed by atoms with Crippen LogP contribution in [-0.4, -0.2) is 15.5 Å². The molecule has 0 saturated carbocycles. The zero-order chi connectivity index (χ0) is 13.1. The summed E-state index contributed by atoms with van der Waals surface area (Å²) in [5.41, 5.74) is -0.0540. The van der Waals surface area contributed by atoms with Crippen molar-refractivity contribution >= 4 is 5.91 Å². The largest absolute Gasteiger partial charge is 0.345 e. The number of hydrogen-bond acceptors (Lipinski definition) is 2. The molecule has 6 heteroatoms. The van der Waals surface area contributed by atoms with E-state index >= 15 is 0 Å². The Hall–Kier alpha value is -2.24. The minimum atomic E-state index is -0.780. The topological polar surface area (TPSA) is 46.9 Å². The molecule has 0 atom stereocenters. The number of carbonyl (C=O) groups is 1. The van der Waals surface area contributed by atoms with Crippen LogP contribution >= 0.6 is 0 Å². The fraction of sp³-hybridized carbons (Fsp3) is 0.167. The van der Waals surface area contributed by atoms with Crippen molar-refractivity contribution in [1.29, 1.82) is 0 Å². The molecule has 0 aliphatic heterocycles. The van der Waals surface area contributed by atoms with E-state index in [2.05, 4.69) is 10.3 Å². The van der Waals surface area contributed by atoms with Gasteiger partial charge in [0.25, 0.3) is 5.91 Å². The quantitative estimate of drug-likeness (QED) is 0.901. The zero-order valence-corrected chi connectivity index (χ0v) is 9.65. The van der Waals surface area contributed by atoms with Gasteiger partial charge in [-0.2, -0.15) is 0 Å². The number of nitrogens with zero attached hydrogens (tertiary/aromatic N) is 2. The van der Waals surface area contributed by atoms with Gasteiger partial charge in [0, 0.05) is 31.1 Å². The number of rotatable bonds is 3. The summed E-state index contributed by atoms with van der Waals surface area (Å²) >= 11 is 0. The zero-order valence-electron chi connectivity index (χ0n) is 9.65. The highest BCUT2D eigenvalue weighted by Crippen LogP contribution is 2.08. The summed E-state index contributed by atoms with van der Waals surface area (Å²) in [6, 6.07) is 2.68. The minimum absolute atomic E-state index is 0.0540. The molecule has 1 aromatic heterocycles. The van der Waals surface area contributed by atoms with Crippen LogP contribution in [0, 0.1) is 11.6 Å². The summed E-state index contributed by atoms with van der Waals surface area (Å²) in [5, 5.41) is 2.54. The highest BCUT2D eigenvalue weighted by Gasteiger charge is 2.09. The van der Waals surface area contributed by atoms with E-state index in [4.69, 9.17) is 0 Å². The van der Waals surface area contributed by atoms with Gasteiger partial charge in [0.2, 0.25) is 0 Å². The van der Waals surface area contributed by atoms with Crippen LogP contribution in [0.25, 0.3) is 0 Å². The molecule has 0 unspecified atom stereocenters. The molecule has 0 radical (unpaired) electrons. The lowest BCUT2D eigenvalue weighted by Crippen LogP contribution is -2.24. The van der Waals surface area contributed by atoms with Crippen molar-refractivity contribution in [1.82, 2.24) is 14.9 Å². The summed E-state index contributed by atoms with van der Waals surface area (Å²) in [4.78, 5) is 15.7. The molecule has 18 heavy (non-hydrogen) atoms. The second-order valence-corrected chi connectivity index (χ2v) is 3.80. The molecule has 1 aromatic carbocycles. The lowest BCUT2D eigenvalue weighted by Gasteiger charge is -2.05. The Morgan fingerprint density at radius 3 is 2.56 bits per heavy atom. The molecule has 0 aliphatic rings. The molecule has 0 aliphatic carbocycles. The van der Waals surface area contributed by atoms with Crippen molar-refractivity contribution in [2.75, 3.05) is 0 Å². The monoisotopic (exact) mass is 251 g/mol. The molecular weight excluding hydrogens is 240 g/mol. The maximum absolute atomic E-state index is 12.9. The number of benzene rings is 1. The van der Waals surface area contributed by atoms with E-state index in [0.29, 0.717) is 5.82 Å². The van der Waals surface area contributed by atoms with Crippen molar-refractivity contribution < 1.29 is 13.6 Å². The summed E-state index contributed by atoms with van der Waals surface area (Å²) < 4.78 is 27.6. The Balaban J connectivity index is 2.06. The van der Waals surface area contributed by atoms with Crippen LogP contribution < -0.4 is 5.32 Å². The highest BCUT2D eigenvalue weighted by atomic mass is 19.1. The number of aromatic nitrogens is 2. The van der Waals surface area contributed by atoms with Crippen molar-refractivity contribution in [3.63, 3.8) is 0 Å². The SMILES string of the molecule is Cn1ccnc1CNC(=O)c1cc(F)cc(F)c1. The number of amides is 1. The summed E-state index contributed by atoms with van der Waals surface area (Å²) in [6.45, 7) is 0.195. The molecule has 1 N–H and O–H groups in total. The van der Waals surface area contributed by atoms with Gasteiger partial charge in [-0.15, -0.1) is 0 Å². The van der Waals surface area contributed by atoms with Crippen LogP contribution in [0.5, 0.6) is 0 Å². The summed E-state index contributed by atoms with van der Waals surface area (Å²) in [5.74, 6) is -1.45. The number of hydrogen-bond donors (Lipinski definition) is 1. The Kier molecular flexibility index (Phi) is 3.36. The maximum atomic E-state index is 12.9. The molecule has 0 bridgehead atoms.